The van der Waals surface area contributed by atoms with Crippen LogP contribution in [0.5, 0.6) is 0 Å². The summed E-state index contributed by atoms with van der Waals surface area (Å²) in [6.45, 7) is 4.07. The molecule has 29 heavy (non-hydrogen) atoms. The summed E-state index contributed by atoms with van der Waals surface area (Å²) in [5.74, 6) is 0.236. The molecule has 0 fully saturated rings. The number of carbonyl (C=O) groups excluding carboxylic acids is 1. The molecule has 1 heterocycles. The predicted molar refractivity (Wildman–Crippen MR) is 114 cm³/mol. The molecule has 0 bridgehead atoms. The topological polar surface area (TPSA) is 72.7 Å². The van der Waals surface area contributed by atoms with E-state index in [9.17, 15) is 4.79 Å². The number of hydrogen-bond acceptors (Lipinski definition) is 5. The van der Waals surface area contributed by atoms with Gasteiger partial charge in [-0.15, -0.1) is 5.10 Å². The van der Waals surface area contributed by atoms with Crippen molar-refractivity contribution >= 4 is 17.7 Å². The SMILES string of the molecule is Cc1ccc(-n2nnnc2SCC(=O)NC(C)c2ccc3c(c2)CCCC3)cc1. The molecule has 0 aliphatic heterocycles. The number of thioether (sulfide) groups is 1. The summed E-state index contributed by atoms with van der Waals surface area (Å²) in [6, 6.07) is 14.5. The molecule has 1 unspecified atom stereocenters. The molecule has 0 spiro atoms. The highest BCUT2D eigenvalue weighted by Crippen LogP contribution is 2.25. The summed E-state index contributed by atoms with van der Waals surface area (Å²) >= 11 is 1.34. The zero-order valence-corrected chi connectivity index (χ0v) is 17.6. The third-order valence-electron chi connectivity index (χ3n) is 5.30. The van der Waals surface area contributed by atoms with Crippen LogP contribution in [0.25, 0.3) is 5.69 Å². The van der Waals surface area contributed by atoms with Crippen molar-refractivity contribution in [1.29, 1.82) is 0 Å². The van der Waals surface area contributed by atoms with Crippen LogP contribution in [0.1, 0.15) is 48.1 Å². The Labute approximate surface area is 175 Å². The molecule has 0 saturated carbocycles. The van der Waals surface area contributed by atoms with Crippen molar-refractivity contribution < 1.29 is 4.79 Å². The number of rotatable bonds is 6. The van der Waals surface area contributed by atoms with Crippen molar-refractivity contribution in [3.05, 3.63) is 64.7 Å². The fourth-order valence-electron chi connectivity index (χ4n) is 3.64. The van der Waals surface area contributed by atoms with E-state index in [4.69, 9.17) is 0 Å². The summed E-state index contributed by atoms with van der Waals surface area (Å²) in [5.41, 5.74) is 6.10. The molecule has 1 amide bonds. The molecule has 0 radical (unpaired) electrons. The molecule has 4 rings (SSSR count). The van der Waals surface area contributed by atoms with E-state index in [1.54, 1.807) is 4.68 Å². The van der Waals surface area contributed by atoms with Crippen molar-refractivity contribution in [2.24, 2.45) is 0 Å². The number of aromatic nitrogens is 4. The number of tetrazole rings is 1. The van der Waals surface area contributed by atoms with Gasteiger partial charge >= 0.3 is 0 Å². The van der Waals surface area contributed by atoms with Crippen LogP contribution < -0.4 is 5.32 Å². The fraction of sp³-hybridized carbons (Fsp3) is 0.364. The van der Waals surface area contributed by atoms with Crippen molar-refractivity contribution in [2.75, 3.05) is 5.75 Å². The largest absolute Gasteiger partial charge is 0.349 e. The van der Waals surface area contributed by atoms with E-state index < -0.39 is 0 Å². The van der Waals surface area contributed by atoms with Gasteiger partial charge in [0.1, 0.15) is 0 Å². The second-order valence-electron chi connectivity index (χ2n) is 7.52. The number of amides is 1. The van der Waals surface area contributed by atoms with Gasteiger partial charge in [-0.1, -0.05) is 47.7 Å². The van der Waals surface area contributed by atoms with Gasteiger partial charge in [-0.2, -0.15) is 4.68 Å². The fourth-order valence-corrected chi connectivity index (χ4v) is 4.34. The number of aryl methyl sites for hydroxylation is 3. The molecular weight excluding hydrogens is 382 g/mol. The minimum Gasteiger partial charge on any atom is -0.349 e. The van der Waals surface area contributed by atoms with Gasteiger partial charge in [0.2, 0.25) is 11.1 Å². The maximum Gasteiger partial charge on any atom is 0.230 e. The lowest BCUT2D eigenvalue weighted by Crippen LogP contribution is -2.28. The van der Waals surface area contributed by atoms with E-state index in [0.717, 1.165) is 17.7 Å². The molecule has 3 aromatic rings. The number of carbonyl (C=O) groups is 1. The van der Waals surface area contributed by atoms with Gasteiger partial charge in [-0.25, -0.2) is 0 Å². The Kier molecular flexibility index (Phi) is 5.94. The number of benzene rings is 2. The van der Waals surface area contributed by atoms with E-state index in [1.807, 2.05) is 38.1 Å². The lowest BCUT2D eigenvalue weighted by Gasteiger charge is -2.20. The molecule has 7 heteroatoms. The lowest BCUT2D eigenvalue weighted by molar-refractivity contribution is -0.119. The zero-order chi connectivity index (χ0) is 20.2. The first-order valence-electron chi connectivity index (χ1n) is 9.99. The second kappa shape index (κ2) is 8.78. The second-order valence-corrected chi connectivity index (χ2v) is 8.46. The van der Waals surface area contributed by atoms with E-state index in [1.165, 1.54) is 47.7 Å². The Morgan fingerprint density at radius 1 is 1.14 bits per heavy atom. The van der Waals surface area contributed by atoms with Gasteiger partial charge in [0.05, 0.1) is 17.5 Å². The van der Waals surface area contributed by atoms with Gasteiger partial charge in [0.25, 0.3) is 0 Å². The normalized spacial score (nSPS) is 14.3. The molecule has 150 valence electrons. The third kappa shape index (κ3) is 4.67. The van der Waals surface area contributed by atoms with E-state index in [0.29, 0.717) is 5.16 Å². The van der Waals surface area contributed by atoms with Crippen LogP contribution >= 0.6 is 11.8 Å². The maximum atomic E-state index is 12.5. The van der Waals surface area contributed by atoms with Gasteiger partial charge in [0, 0.05) is 0 Å². The molecule has 0 saturated heterocycles. The van der Waals surface area contributed by atoms with Crippen molar-refractivity contribution in [3.63, 3.8) is 0 Å². The first-order valence-corrected chi connectivity index (χ1v) is 11.0. The van der Waals surface area contributed by atoms with E-state index in [-0.39, 0.29) is 17.7 Å². The van der Waals surface area contributed by atoms with E-state index >= 15 is 0 Å². The average molecular weight is 408 g/mol. The lowest BCUT2D eigenvalue weighted by atomic mass is 9.89. The number of hydrogen-bond donors (Lipinski definition) is 1. The number of fused-ring (bicyclic) bond motifs is 1. The summed E-state index contributed by atoms with van der Waals surface area (Å²) in [7, 11) is 0. The first-order chi connectivity index (χ1) is 14.1. The summed E-state index contributed by atoms with van der Waals surface area (Å²) < 4.78 is 1.66. The maximum absolute atomic E-state index is 12.5. The standard InChI is InChI=1S/C22H25N5OS/c1-15-7-11-20(12-8-15)27-22(24-25-26-27)29-14-21(28)23-16(2)18-10-9-17-5-3-4-6-19(17)13-18/h7-13,16H,3-6,14H2,1-2H3,(H,23,28). The smallest absolute Gasteiger partial charge is 0.230 e. The monoisotopic (exact) mass is 407 g/mol. The molecule has 1 atom stereocenters. The van der Waals surface area contributed by atoms with Crippen LogP contribution in [-0.4, -0.2) is 31.9 Å². The van der Waals surface area contributed by atoms with Crippen molar-refractivity contribution in [1.82, 2.24) is 25.5 Å². The van der Waals surface area contributed by atoms with Crippen LogP contribution in [0.4, 0.5) is 0 Å². The molecule has 1 aromatic heterocycles. The first kappa shape index (κ1) is 19.6. The molecular formula is C22H25N5OS. The molecule has 1 aliphatic rings. The van der Waals surface area contributed by atoms with Gasteiger partial charge in [-0.3, -0.25) is 4.79 Å². The quantitative estimate of drug-likeness (QED) is 0.629. The van der Waals surface area contributed by atoms with Crippen LogP contribution in [0.15, 0.2) is 47.6 Å². The highest BCUT2D eigenvalue weighted by atomic mass is 32.2. The minimum atomic E-state index is -0.0290. The minimum absolute atomic E-state index is 0.0246. The van der Waals surface area contributed by atoms with Gasteiger partial charge in [-0.05, 0) is 78.8 Å². The van der Waals surface area contributed by atoms with E-state index in [2.05, 4.69) is 39.0 Å². The number of nitrogens with one attached hydrogen (secondary N) is 1. The summed E-state index contributed by atoms with van der Waals surface area (Å²) in [5, 5.41) is 15.6. The highest BCUT2D eigenvalue weighted by Gasteiger charge is 2.16. The average Bonchev–Trinajstić information content (AvgIpc) is 3.21. The number of nitrogens with zero attached hydrogens (tertiary/aromatic N) is 4. The van der Waals surface area contributed by atoms with Gasteiger partial charge in [0.15, 0.2) is 0 Å². The molecule has 6 nitrogen and oxygen atoms in total. The molecule has 1 aliphatic carbocycles. The highest BCUT2D eigenvalue weighted by molar-refractivity contribution is 7.99. The van der Waals surface area contributed by atoms with Crippen LogP contribution in [-0.2, 0) is 17.6 Å². The van der Waals surface area contributed by atoms with Gasteiger partial charge < -0.3 is 5.32 Å². The summed E-state index contributed by atoms with van der Waals surface area (Å²) in [4.78, 5) is 12.5. The molecule has 2 aromatic carbocycles. The van der Waals surface area contributed by atoms with Crippen molar-refractivity contribution in [2.45, 2.75) is 50.7 Å². The van der Waals surface area contributed by atoms with Crippen LogP contribution in [0.2, 0.25) is 0 Å². The van der Waals surface area contributed by atoms with Crippen LogP contribution in [0, 0.1) is 6.92 Å². The Morgan fingerprint density at radius 2 is 1.90 bits per heavy atom. The Balaban J connectivity index is 1.36. The van der Waals surface area contributed by atoms with Crippen LogP contribution in [0.3, 0.4) is 0 Å². The Bertz CT molecular complexity index is 999. The predicted octanol–water partition coefficient (Wildman–Crippen LogP) is 3.82. The summed E-state index contributed by atoms with van der Waals surface area (Å²) in [6.07, 6.45) is 4.84. The third-order valence-corrected chi connectivity index (χ3v) is 6.22. The zero-order valence-electron chi connectivity index (χ0n) is 16.8. The Morgan fingerprint density at radius 3 is 2.69 bits per heavy atom. The van der Waals surface area contributed by atoms with Crippen molar-refractivity contribution in [3.8, 4) is 5.69 Å². The molecule has 1 N–H and O–H groups in total. The Hall–Kier alpha value is -2.67.